The van der Waals surface area contributed by atoms with E-state index >= 15 is 0 Å². The molecule has 4 rings (SSSR count). The van der Waals surface area contributed by atoms with Gasteiger partial charge in [0.1, 0.15) is 5.92 Å². The van der Waals surface area contributed by atoms with E-state index in [1.165, 1.54) is 24.3 Å². The third-order valence-electron chi connectivity index (χ3n) is 6.02. The van der Waals surface area contributed by atoms with Crippen LogP contribution in [0, 0.1) is 16.0 Å². The van der Waals surface area contributed by atoms with Crippen LogP contribution in [-0.2, 0) is 14.4 Å². The van der Waals surface area contributed by atoms with Crippen LogP contribution in [0.15, 0.2) is 48.5 Å². The van der Waals surface area contributed by atoms with E-state index in [0.717, 1.165) is 32.1 Å². The first kappa shape index (κ1) is 21.5. The molecule has 2 aliphatic rings. The monoisotopic (exact) mass is 436 g/mol. The van der Waals surface area contributed by atoms with Gasteiger partial charge in [0.15, 0.2) is 0 Å². The minimum Gasteiger partial charge on any atom is -0.353 e. The van der Waals surface area contributed by atoms with Gasteiger partial charge in [-0.1, -0.05) is 43.5 Å². The van der Waals surface area contributed by atoms with Crippen molar-refractivity contribution in [2.45, 2.75) is 44.1 Å². The van der Waals surface area contributed by atoms with Gasteiger partial charge in [-0.05, 0) is 30.5 Å². The maximum absolute atomic E-state index is 13.4. The van der Waals surface area contributed by atoms with Crippen LogP contribution < -0.4 is 16.0 Å². The fourth-order valence-corrected chi connectivity index (χ4v) is 4.41. The van der Waals surface area contributed by atoms with Gasteiger partial charge in [-0.25, -0.2) is 0 Å². The number of nitrogens with zero attached hydrogens (tertiary/aromatic N) is 1. The molecule has 1 aliphatic carbocycles. The topological polar surface area (TPSA) is 130 Å². The lowest BCUT2D eigenvalue weighted by atomic mass is 9.83. The summed E-state index contributed by atoms with van der Waals surface area (Å²) in [5, 5.41) is 19.7. The molecule has 3 N–H and O–H groups in total. The van der Waals surface area contributed by atoms with Crippen LogP contribution in [0.4, 0.5) is 17.1 Å². The van der Waals surface area contributed by atoms with Gasteiger partial charge >= 0.3 is 0 Å². The predicted molar refractivity (Wildman–Crippen MR) is 118 cm³/mol. The molecule has 1 saturated carbocycles. The van der Waals surface area contributed by atoms with Gasteiger partial charge in [-0.15, -0.1) is 0 Å². The summed E-state index contributed by atoms with van der Waals surface area (Å²) in [6, 6.07) is 12.3. The van der Waals surface area contributed by atoms with E-state index in [4.69, 9.17) is 0 Å². The highest BCUT2D eigenvalue weighted by atomic mass is 16.6. The molecule has 0 aromatic heterocycles. The molecule has 0 spiro atoms. The van der Waals surface area contributed by atoms with Crippen LogP contribution in [0.5, 0.6) is 0 Å². The van der Waals surface area contributed by atoms with Gasteiger partial charge in [-0.3, -0.25) is 24.5 Å². The zero-order valence-electron chi connectivity index (χ0n) is 17.4. The largest absolute Gasteiger partial charge is 0.353 e. The Bertz CT molecular complexity index is 1030. The predicted octanol–water partition coefficient (Wildman–Crippen LogP) is 3.33. The number of carbonyl (C=O) groups excluding carboxylic acids is 3. The van der Waals surface area contributed by atoms with E-state index in [-0.39, 0.29) is 17.3 Å². The van der Waals surface area contributed by atoms with Crippen LogP contribution in [0.2, 0.25) is 0 Å². The van der Waals surface area contributed by atoms with Crippen LogP contribution in [0.3, 0.4) is 0 Å². The summed E-state index contributed by atoms with van der Waals surface area (Å²) in [5.41, 5.74) is 0.891. The lowest BCUT2D eigenvalue weighted by Gasteiger charge is -2.28. The first-order valence-corrected chi connectivity index (χ1v) is 10.7. The van der Waals surface area contributed by atoms with E-state index in [2.05, 4.69) is 16.0 Å². The van der Waals surface area contributed by atoms with Crippen molar-refractivity contribution < 1.29 is 19.3 Å². The number of nitro benzene ring substituents is 1. The Kier molecular flexibility index (Phi) is 6.16. The molecule has 2 aromatic carbocycles. The molecule has 1 aliphatic heterocycles. The second-order valence-electron chi connectivity index (χ2n) is 8.18. The van der Waals surface area contributed by atoms with Crippen molar-refractivity contribution in [2.75, 3.05) is 10.6 Å². The number of anilines is 2. The Labute approximate surface area is 184 Å². The minimum atomic E-state index is -1.40. The highest BCUT2D eigenvalue weighted by Gasteiger charge is 2.43. The highest BCUT2D eigenvalue weighted by Crippen LogP contribution is 2.34. The van der Waals surface area contributed by atoms with E-state index in [1.54, 1.807) is 24.3 Å². The van der Waals surface area contributed by atoms with Crippen molar-refractivity contribution >= 4 is 34.8 Å². The SMILES string of the molecule is O=C1Nc2ccccc2NC(=O)C1C(C(=O)NC1CCCCC1)c1cccc([N+](=O)[O-])c1. The van der Waals surface area contributed by atoms with Gasteiger partial charge in [0.2, 0.25) is 17.7 Å². The minimum absolute atomic E-state index is 0.0495. The molecule has 9 heteroatoms. The Balaban J connectivity index is 1.72. The summed E-state index contributed by atoms with van der Waals surface area (Å²) in [4.78, 5) is 50.4. The molecule has 0 radical (unpaired) electrons. The number of fused-ring (bicyclic) bond motifs is 1. The summed E-state index contributed by atoms with van der Waals surface area (Å²) < 4.78 is 0. The van der Waals surface area contributed by atoms with E-state index in [9.17, 15) is 24.5 Å². The maximum atomic E-state index is 13.4. The molecule has 2 aromatic rings. The number of para-hydroxylation sites is 2. The highest BCUT2D eigenvalue weighted by molar-refractivity contribution is 6.18. The lowest BCUT2D eigenvalue weighted by molar-refractivity contribution is -0.384. The van der Waals surface area contributed by atoms with Gasteiger partial charge in [-0.2, -0.15) is 0 Å². The van der Waals surface area contributed by atoms with Gasteiger partial charge in [0, 0.05) is 18.2 Å². The molecule has 1 heterocycles. The molecular formula is C23H24N4O5. The summed E-state index contributed by atoms with van der Waals surface area (Å²) in [5.74, 6) is -4.37. The zero-order valence-corrected chi connectivity index (χ0v) is 17.4. The molecule has 9 nitrogen and oxygen atoms in total. The Hall–Kier alpha value is -3.75. The van der Waals surface area contributed by atoms with Gasteiger partial charge in [0.25, 0.3) is 5.69 Å². The zero-order chi connectivity index (χ0) is 22.7. The molecule has 1 atom stereocenters. The third kappa shape index (κ3) is 4.46. The van der Waals surface area contributed by atoms with Gasteiger partial charge < -0.3 is 16.0 Å². The first-order chi connectivity index (χ1) is 15.4. The fourth-order valence-electron chi connectivity index (χ4n) is 4.41. The van der Waals surface area contributed by atoms with E-state index < -0.39 is 34.5 Å². The second-order valence-corrected chi connectivity index (χ2v) is 8.18. The molecule has 166 valence electrons. The van der Waals surface area contributed by atoms with Crippen LogP contribution in [0.1, 0.15) is 43.6 Å². The van der Waals surface area contributed by atoms with Crippen LogP contribution >= 0.6 is 0 Å². The molecule has 32 heavy (non-hydrogen) atoms. The van der Waals surface area contributed by atoms with E-state index in [1.807, 2.05) is 0 Å². The third-order valence-corrected chi connectivity index (χ3v) is 6.02. The summed E-state index contributed by atoms with van der Waals surface area (Å²) in [6.45, 7) is 0. The van der Waals surface area contributed by atoms with Crippen molar-refractivity contribution in [3.05, 3.63) is 64.2 Å². The first-order valence-electron chi connectivity index (χ1n) is 10.7. The number of nitrogens with one attached hydrogen (secondary N) is 3. The number of rotatable bonds is 5. The average Bonchev–Trinajstić information content (AvgIpc) is 2.90. The Morgan fingerprint density at radius 3 is 2.19 bits per heavy atom. The normalized spacial score (nSPS) is 18.0. The lowest BCUT2D eigenvalue weighted by Crippen LogP contribution is -2.46. The van der Waals surface area contributed by atoms with Crippen molar-refractivity contribution in [3.8, 4) is 0 Å². The van der Waals surface area contributed by atoms with E-state index in [0.29, 0.717) is 11.4 Å². The summed E-state index contributed by atoms with van der Waals surface area (Å²) >= 11 is 0. The Morgan fingerprint density at radius 2 is 1.59 bits per heavy atom. The number of nitro groups is 1. The van der Waals surface area contributed by atoms with Crippen molar-refractivity contribution in [3.63, 3.8) is 0 Å². The van der Waals surface area contributed by atoms with Crippen LogP contribution in [0.25, 0.3) is 0 Å². The van der Waals surface area contributed by atoms with Gasteiger partial charge in [0.05, 0.1) is 22.2 Å². The van der Waals surface area contributed by atoms with Crippen LogP contribution in [-0.4, -0.2) is 28.7 Å². The van der Waals surface area contributed by atoms with Crippen molar-refractivity contribution in [1.82, 2.24) is 5.32 Å². The number of hydrogen-bond acceptors (Lipinski definition) is 5. The average molecular weight is 436 g/mol. The molecule has 1 unspecified atom stereocenters. The van der Waals surface area contributed by atoms with Crippen molar-refractivity contribution in [1.29, 1.82) is 0 Å². The standard InChI is InChI=1S/C23H24N4O5/c28-21(24-15-8-2-1-3-9-15)19(14-7-6-10-16(13-14)27(31)32)20-22(29)25-17-11-4-5-12-18(17)26-23(20)30/h4-7,10-13,15,19-20H,1-3,8-9H2,(H,24,28)(H,25,29)(H,26,30). The van der Waals surface area contributed by atoms with Crippen molar-refractivity contribution in [2.24, 2.45) is 5.92 Å². The molecule has 3 amide bonds. The summed E-state index contributed by atoms with van der Waals surface area (Å²) in [6.07, 6.45) is 4.73. The second kappa shape index (κ2) is 9.17. The fraction of sp³-hybridized carbons (Fsp3) is 0.348. The quantitative estimate of drug-likeness (QED) is 0.376. The molecular weight excluding hydrogens is 412 g/mol. The number of amides is 3. The molecule has 1 fully saturated rings. The molecule has 0 bridgehead atoms. The number of carbonyl (C=O) groups is 3. The smallest absolute Gasteiger partial charge is 0.269 e. The maximum Gasteiger partial charge on any atom is 0.269 e. The number of hydrogen-bond donors (Lipinski definition) is 3. The Morgan fingerprint density at radius 1 is 0.969 bits per heavy atom. The summed E-state index contributed by atoms with van der Waals surface area (Å²) in [7, 11) is 0. The number of non-ortho nitro benzene ring substituents is 1. The molecule has 0 saturated heterocycles. The number of benzene rings is 2.